The third-order valence-electron chi connectivity index (χ3n) is 9.47. The highest BCUT2D eigenvalue weighted by Gasteiger charge is 2.67. The number of allylic oxidation sites excluding steroid dienone is 1. The van der Waals surface area contributed by atoms with Crippen LogP contribution in [0.3, 0.4) is 0 Å². The lowest BCUT2D eigenvalue weighted by Crippen LogP contribution is -2.58. The van der Waals surface area contributed by atoms with Crippen LogP contribution in [-0.2, 0) is 14.3 Å². The van der Waals surface area contributed by atoms with Crippen LogP contribution >= 0.6 is 23.2 Å². The molecule has 4 rings (SSSR count). The number of ether oxygens (including phenoxy) is 1. The van der Waals surface area contributed by atoms with Gasteiger partial charge in [-0.25, -0.2) is 0 Å². The lowest BCUT2D eigenvalue weighted by atomic mass is 9.49. The Morgan fingerprint density at radius 1 is 1.18 bits per heavy atom. The summed E-state index contributed by atoms with van der Waals surface area (Å²) in [6, 6.07) is 0. The van der Waals surface area contributed by atoms with Gasteiger partial charge < -0.3 is 4.74 Å². The molecule has 3 saturated carbocycles. The van der Waals surface area contributed by atoms with E-state index in [0.717, 1.165) is 70.6 Å². The molecule has 7 atom stereocenters. The molecule has 0 unspecified atom stereocenters. The van der Waals surface area contributed by atoms with Crippen molar-refractivity contribution in [2.24, 2.45) is 29.1 Å². The first-order valence-electron chi connectivity index (χ1n) is 13.1. The molecule has 0 N–H and O–H groups in total. The molecule has 0 spiro atoms. The largest absolute Gasteiger partial charge is 0.445 e. The zero-order chi connectivity index (χ0) is 23.6. The summed E-state index contributed by atoms with van der Waals surface area (Å²) >= 11 is 13.2. The van der Waals surface area contributed by atoms with Gasteiger partial charge in [-0.15, -0.1) is 11.6 Å². The normalized spacial score (nSPS) is 39.5. The predicted molar refractivity (Wildman–Crippen MR) is 133 cm³/mol. The molecule has 0 aromatic heterocycles. The molecule has 3 fully saturated rings. The van der Waals surface area contributed by atoms with Gasteiger partial charge in [0, 0.05) is 29.0 Å². The van der Waals surface area contributed by atoms with E-state index < -0.39 is 5.60 Å². The molecule has 0 radical (unpaired) electrons. The molecular formula is C28H38Cl2O3. The highest BCUT2D eigenvalue weighted by atomic mass is 35.5. The summed E-state index contributed by atoms with van der Waals surface area (Å²) in [7, 11) is 0. The van der Waals surface area contributed by atoms with Crippen LogP contribution in [0.2, 0.25) is 0 Å². The number of unbranched alkanes of at least 4 members (excludes halogenated alkanes) is 3. The van der Waals surface area contributed by atoms with Gasteiger partial charge in [0.2, 0.25) is 0 Å². The molecule has 0 saturated heterocycles. The zero-order valence-corrected chi connectivity index (χ0v) is 21.6. The maximum Gasteiger partial charge on any atom is 0.307 e. The summed E-state index contributed by atoms with van der Waals surface area (Å²) in [5.74, 6) is 5.07. The van der Waals surface area contributed by atoms with E-state index in [0.29, 0.717) is 36.5 Å². The Morgan fingerprint density at radius 2 is 2.00 bits per heavy atom. The SMILES string of the molecule is CCCCCCC(=O)O[C@@]1(C#CCl)CC[C@H]2[C@@H]3CCC4=CC(=O)CC[C@@H]4[C@H]3[C@@H](Cl)C[C@@]21CC. The monoisotopic (exact) mass is 492 g/mol. The van der Waals surface area contributed by atoms with Crippen molar-refractivity contribution in [1.29, 1.82) is 0 Å². The van der Waals surface area contributed by atoms with Gasteiger partial charge in [-0.1, -0.05) is 38.7 Å². The lowest BCUT2D eigenvalue weighted by molar-refractivity contribution is -0.173. The average molecular weight is 494 g/mol. The number of fused-ring (bicyclic) bond motifs is 5. The van der Waals surface area contributed by atoms with Crippen molar-refractivity contribution < 1.29 is 14.3 Å². The number of rotatable bonds is 7. The third kappa shape index (κ3) is 4.40. The van der Waals surface area contributed by atoms with Crippen LogP contribution < -0.4 is 0 Å². The van der Waals surface area contributed by atoms with Gasteiger partial charge in [0.25, 0.3) is 0 Å². The number of ketones is 1. The molecule has 0 aromatic rings. The third-order valence-corrected chi connectivity index (χ3v) is 10.0. The maximum atomic E-state index is 13.0. The average Bonchev–Trinajstić information content (AvgIpc) is 3.10. The molecule has 3 nitrogen and oxygen atoms in total. The van der Waals surface area contributed by atoms with Gasteiger partial charge in [0.05, 0.1) is 0 Å². The smallest absolute Gasteiger partial charge is 0.307 e. The van der Waals surface area contributed by atoms with E-state index >= 15 is 0 Å². The first kappa shape index (κ1) is 25.1. The molecule has 4 aliphatic carbocycles. The molecule has 0 bridgehead atoms. The van der Waals surface area contributed by atoms with E-state index in [2.05, 4.69) is 25.1 Å². The van der Waals surface area contributed by atoms with Gasteiger partial charge >= 0.3 is 5.97 Å². The first-order valence-corrected chi connectivity index (χ1v) is 13.9. The molecule has 0 amide bonds. The van der Waals surface area contributed by atoms with Gasteiger partial charge in [-0.3, -0.25) is 9.59 Å². The minimum atomic E-state index is -0.841. The van der Waals surface area contributed by atoms with Crippen molar-refractivity contribution in [3.63, 3.8) is 0 Å². The van der Waals surface area contributed by atoms with Gasteiger partial charge in [0.1, 0.15) is 0 Å². The molecule has 4 aliphatic rings. The van der Waals surface area contributed by atoms with Crippen LogP contribution in [0.25, 0.3) is 0 Å². The van der Waals surface area contributed by atoms with Crippen LogP contribution in [0.5, 0.6) is 0 Å². The van der Waals surface area contributed by atoms with Gasteiger partial charge in [-0.05, 0) is 98.6 Å². The fraction of sp³-hybridized carbons (Fsp3) is 0.786. The molecule has 0 aromatic carbocycles. The van der Waals surface area contributed by atoms with Crippen molar-refractivity contribution in [1.82, 2.24) is 0 Å². The number of hydrogen-bond acceptors (Lipinski definition) is 3. The fourth-order valence-corrected chi connectivity index (χ4v) is 8.85. The van der Waals surface area contributed by atoms with E-state index in [1.54, 1.807) is 0 Å². The summed E-state index contributed by atoms with van der Waals surface area (Å²) in [5.41, 5.74) is 0.227. The van der Waals surface area contributed by atoms with Gasteiger partial charge in [-0.2, -0.15) is 0 Å². The Balaban J connectivity index is 1.61. The van der Waals surface area contributed by atoms with Crippen LogP contribution in [-0.4, -0.2) is 22.7 Å². The number of alkyl halides is 1. The zero-order valence-electron chi connectivity index (χ0n) is 20.1. The van der Waals surface area contributed by atoms with Crippen molar-refractivity contribution >= 4 is 35.0 Å². The Hall–Kier alpha value is -0.980. The Morgan fingerprint density at radius 3 is 2.73 bits per heavy atom. The molecule has 0 heterocycles. The predicted octanol–water partition coefficient (Wildman–Crippen LogP) is 7.19. The van der Waals surface area contributed by atoms with E-state index in [-0.39, 0.29) is 22.5 Å². The summed E-state index contributed by atoms with van der Waals surface area (Å²) in [5, 5.41) is 2.61. The van der Waals surface area contributed by atoms with Gasteiger partial charge in [0.15, 0.2) is 11.4 Å². The van der Waals surface area contributed by atoms with Crippen molar-refractivity contribution in [3.05, 3.63) is 11.6 Å². The highest BCUT2D eigenvalue weighted by Crippen LogP contribution is 2.68. The Bertz CT molecular complexity index is 855. The molecular weight excluding hydrogens is 455 g/mol. The van der Waals surface area contributed by atoms with E-state index in [1.807, 2.05) is 6.08 Å². The van der Waals surface area contributed by atoms with E-state index in [1.165, 1.54) is 5.57 Å². The number of carbonyl (C=O) groups excluding carboxylic acids is 2. The van der Waals surface area contributed by atoms with E-state index in [9.17, 15) is 9.59 Å². The summed E-state index contributed by atoms with van der Waals surface area (Å²) < 4.78 is 6.32. The number of esters is 1. The van der Waals surface area contributed by atoms with Crippen LogP contribution in [0.1, 0.15) is 97.3 Å². The minimum Gasteiger partial charge on any atom is -0.445 e. The Labute approximate surface area is 209 Å². The van der Waals surface area contributed by atoms with Crippen molar-refractivity contribution in [3.8, 4) is 11.3 Å². The number of halogens is 2. The number of carbonyl (C=O) groups is 2. The lowest BCUT2D eigenvalue weighted by Gasteiger charge is -2.58. The fourth-order valence-electron chi connectivity index (χ4n) is 8.06. The standard InChI is InChI=1S/C28H38Cl2O3/c1-3-5-6-7-8-25(32)33-28(15-16-29)14-13-23-22-11-9-19-17-20(31)10-12-21(19)26(22)24(30)18-27(23,28)4-2/h17,21-24,26H,3-14,18H2,1-2H3/t21-,22-,23-,24-,26+,27-,28+/m0/s1. The number of hydrogen-bond donors (Lipinski definition) is 0. The van der Waals surface area contributed by atoms with Crippen molar-refractivity contribution in [2.75, 3.05) is 0 Å². The van der Waals surface area contributed by atoms with Crippen LogP contribution in [0.15, 0.2) is 11.6 Å². The second-order valence-corrected chi connectivity index (χ2v) is 11.6. The Kier molecular flexibility index (Phi) is 7.86. The topological polar surface area (TPSA) is 43.4 Å². The quantitative estimate of drug-likeness (QED) is 0.163. The second kappa shape index (κ2) is 10.3. The summed E-state index contributed by atoms with van der Waals surface area (Å²) in [4.78, 5) is 25.0. The van der Waals surface area contributed by atoms with E-state index in [4.69, 9.17) is 27.9 Å². The molecule has 5 heteroatoms. The minimum absolute atomic E-state index is 0.00837. The molecule has 182 valence electrons. The molecule has 33 heavy (non-hydrogen) atoms. The van der Waals surface area contributed by atoms with Crippen molar-refractivity contribution in [2.45, 2.75) is 108 Å². The second-order valence-electron chi connectivity index (χ2n) is 10.8. The highest BCUT2D eigenvalue weighted by molar-refractivity contribution is 6.30. The maximum absolute atomic E-state index is 13.0. The summed E-state index contributed by atoms with van der Waals surface area (Å²) in [6.07, 6.45) is 13.6. The van der Waals surface area contributed by atoms with Crippen LogP contribution in [0.4, 0.5) is 0 Å². The summed E-state index contributed by atoms with van der Waals surface area (Å²) in [6.45, 7) is 4.37. The van der Waals surface area contributed by atoms with Crippen LogP contribution in [0, 0.1) is 40.4 Å². The first-order chi connectivity index (χ1) is 15.9. The molecule has 0 aliphatic heterocycles.